The van der Waals surface area contributed by atoms with Crippen molar-refractivity contribution in [2.75, 3.05) is 0 Å². The highest BCUT2D eigenvalue weighted by atomic mass is 15.0. The average Bonchev–Trinajstić information content (AvgIpc) is 3.53. The highest BCUT2D eigenvalue weighted by Gasteiger charge is 2.53. The van der Waals surface area contributed by atoms with Gasteiger partial charge in [-0.1, -0.05) is 190 Å². The highest BCUT2D eigenvalue weighted by Crippen LogP contribution is 2.63. The van der Waals surface area contributed by atoms with Crippen LogP contribution in [0.2, 0.25) is 0 Å². The second-order valence-electron chi connectivity index (χ2n) is 15.1. The van der Waals surface area contributed by atoms with Gasteiger partial charge in [0.25, 0.3) is 0 Å². The SMILES string of the molecule is CC1(C)c2ccccc2C2(c3ccccc3-c3c(-c4nc(-c5cccc6ccccc56)nc(-c5cccc6ccccc56)n4)cccc32)c2ccccc21. The van der Waals surface area contributed by atoms with Crippen LogP contribution in [-0.4, -0.2) is 15.0 Å². The Labute approximate surface area is 314 Å². The first-order valence-electron chi connectivity index (χ1n) is 18.7. The smallest absolute Gasteiger partial charge is 0.164 e. The van der Waals surface area contributed by atoms with E-state index < -0.39 is 5.41 Å². The van der Waals surface area contributed by atoms with Gasteiger partial charge in [0.1, 0.15) is 0 Å². The van der Waals surface area contributed by atoms with Crippen molar-refractivity contribution in [3.8, 4) is 45.3 Å². The third-order valence-electron chi connectivity index (χ3n) is 12.0. The molecule has 1 heterocycles. The molecule has 2 aliphatic rings. The molecule has 2 aliphatic carbocycles. The number of fused-ring (bicyclic) bond motifs is 11. The topological polar surface area (TPSA) is 38.7 Å². The zero-order valence-electron chi connectivity index (χ0n) is 30.1. The van der Waals surface area contributed by atoms with Crippen molar-refractivity contribution < 1.29 is 0 Å². The second-order valence-corrected chi connectivity index (χ2v) is 15.1. The Morgan fingerprint density at radius 1 is 0.315 bits per heavy atom. The van der Waals surface area contributed by atoms with Gasteiger partial charge in [-0.2, -0.15) is 0 Å². The van der Waals surface area contributed by atoms with Gasteiger partial charge >= 0.3 is 0 Å². The van der Waals surface area contributed by atoms with E-state index in [1.807, 2.05) is 0 Å². The molecule has 1 spiro atoms. The van der Waals surface area contributed by atoms with Gasteiger partial charge in [-0.25, -0.2) is 15.0 Å². The standard InChI is InChI=1S/C51H35N3/c1-50(2)41-27-9-11-29-43(41)51(44-30-12-10-28-42(44)50)40-26-8-7-22-38(40)46-39(25-15-31-45(46)51)49-53-47(36-23-13-18-32-16-3-5-20-34(32)36)52-48(54-49)37-24-14-19-33-17-4-6-21-35(33)37/h3-31H,1-2H3. The van der Waals surface area contributed by atoms with Crippen LogP contribution < -0.4 is 0 Å². The van der Waals surface area contributed by atoms with Crippen molar-refractivity contribution in [2.24, 2.45) is 0 Å². The molecular weight excluding hydrogens is 655 g/mol. The quantitative estimate of drug-likeness (QED) is 0.185. The Hall–Kier alpha value is -6.71. The molecule has 0 amide bonds. The Morgan fingerprint density at radius 3 is 1.26 bits per heavy atom. The van der Waals surface area contributed by atoms with E-state index >= 15 is 0 Å². The van der Waals surface area contributed by atoms with Crippen LogP contribution in [-0.2, 0) is 10.8 Å². The van der Waals surface area contributed by atoms with E-state index in [0.717, 1.165) is 38.2 Å². The Bertz CT molecular complexity index is 2830. The number of benzene rings is 8. The summed E-state index contributed by atoms with van der Waals surface area (Å²) in [5.74, 6) is 1.99. The molecule has 0 aliphatic heterocycles. The molecule has 0 saturated heterocycles. The maximum atomic E-state index is 5.40. The van der Waals surface area contributed by atoms with Gasteiger partial charge in [-0.15, -0.1) is 0 Å². The molecule has 11 rings (SSSR count). The van der Waals surface area contributed by atoms with Crippen molar-refractivity contribution in [3.63, 3.8) is 0 Å². The summed E-state index contributed by atoms with van der Waals surface area (Å²) in [4.78, 5) is 16.1. The van der Waals surface area contributed by atoms with Gasteiger partial charge in [0.2, 0.25) is 0 Å². The van der Waals surface area contributed by atoms with Crippen molar-refractivity contribution >= 4 is 21.5 Å². The van der Waals surface area contributed by atoms with Crippen LogP contribution in [0.4, 0.5) is 0 Å². The first-order chi connectivity index (χ1) is 26.5. The highest BCUT2D eigenvalue weighted by molar-refractivity contribution is 5.99. The van der Waals surface area contributed by atoms with Crippen molar-refractivity contribution in [3.05, 3.63) is 209 Å². The Kier molecular flexibility index (Phi) is 6.51. The van der Waals surface area contributed by atoms with Crippen LogP contribution in [0.1, 0.15) is 47.2 Å². The van der Waals surface area contributed by atoms with E-state index in [1.165, 1.54) is 44.5 Å². The van der Waals surface area contributed by atoms with Crippen LogP contribution >= 0.6 is 0 Å². The van der Waals surface area contributed by atoms with Gasteiger partial charge in [0, 0.05) is 22.1 Å². The van der Waals surface area contributed by atoms with Crippen LogP contribution in [0.3, 0.4) is 0 Å². The molecule has 0 atom stereocenters. The van der Waals surface area contributed by atoms with Gasteiger partial charge < -0.3 is 0 Å². The summed E-state index contributed by atoms with van der Waals surface area (Å²) in [6, 6.07) is 63.6. The number of hydrogen-bond acceptors (Lipinski definition) is 3. The molecule has 0 N–H and O–H groups in total. The largest absolute Gasteiger partial charge is 0.208 e. The minimum absolute atomic E-state index is 0.164. The van der Waals surface area contributed by atoms with Gasteiger partial charge in [0.15, 0.2) is 17.5 Å². The predicted octanol–water partition coefficient (Wildman–Crippen LogP) is 12.2. The lowest BCUT2D eigenvalue weighted by atomic mass is 9.55. The second kappa shape index (κ2) is 11.4. The zero-order valence-corrected chi connectivity index (χ0v) is 30.1. The molecule has 8 aromatic carbocycles. The fraction of sp³-hybridized carbons (Fsp3) is 0.0784. The maximum absolute atomic E-state index is 5.40. The fourth-order valence-corrected chi connectivity index (χ4v) is 9.67. The molecule has 0 saturated carbocycles. The van der Waals surface area contributed by atoms with Gasteiger partial charge in [0.05, 0.1) is 5.41 Å². The summed E-state index contributed by atoms with van der Waals surface area (Å²) in [6.45, 7) is 4.73. The lowest BCUT2D eigenvalue weighted by molar-refractivity contribution is 0.563. The maximum Gasteiger partial charge on any atom is 0.164 e. The molecule has 254 valence electrons. The van der Waals surface area contributed by atoms with Crippen LogP contribution in [0.15, 0.2) is 176 Å². The van der Waals surface area contributed by atoms with Crippen LogP contribution in [0.5, 0.6) is 0 Å². The first-order valence-corrected chi connectivity index (χ1v) is 18.7. The monoisotopic (exact) mass is 689 g/mol. The molecular formula is C51H35N3. The third kappa shape index (κ3) is 4.15. The number of rotatable bonds is 3. The summed E-state index contributed by atoms with van der Waals surface area (Å²) < 4.78 is 0. The molecule has 0 fully saturated rings. The lowest BCUT2D eigenvalue weighted by Gasteiger charge is -2.46. The van der Waals surface area contributed by atoms with E-state index in [-0.39, 0.29) is 5.41 Å². The van der Waals surface area contributed by atoms with Crippen LogP contribution in [0.25, 0.3) is 66.8 Å². The van der Waals surface area contributed by atoms with E-state index in [2.05, 4.69) is 190 Å². The zero-order chi connectivity index (χ0) is 36.0. The molecule has 3 nitrogen and oxygen atoms in total. The van der Waals surface area contributed by atoms with E-state index in [1.54, 1.807) is 0 Å². The average molecular weight is 690 g/mol. The third-order valence-corrected chi connectivity index (χ3v) is 12.0. The minimum atomic E-state index is -0.505. The van der Waals surface area contributed by atoms with Gasteiger partial charge in [-0.05, 0) is 66.1 Å². The Morgan fingerprint density at radius 2 is 0.685 bits per heavy atom. The number of aromatic nitrogens is 3. The molecule has 0 unspecified atom stereocenters. The summed E-state index contributed by atoms with van der Waals surface area (Å²) in [5, 5.41) is 4.53. The Balaban J connectivity index is 1.24. The lowest BCUT2D eigenvalue weighted by Crippen LogP contribution is -2.40. The summed E-state index contributed by atoms with van der Waals surface area (Å²) >= 11 is 0. The predicted molar refractivity (Wildman–Crippen MR) is 221 cm³/mol. The molecule has 9 aromatic rings. The molecule has 0 radical (unpaired) electrons. The molecule has 0 bridgehead atoms. The molecule has 54 heavy (non-hydrogen) atoms. The molecule has 1 aromatic heterocycles. The molecule has 3 heteroatoms. The van der Waals surface area contributed by atoms with Crippen LogP contribution in [0, 0.1) is 0 Å². The fourth-order valence-electron chi connectivity index (χ4n) is 9.67. The van der Waals surface area contributed by atoms with Gasteiger partial charge in [-0.3, -0.25) is 0 Å². The van der Waals surface area contributed by atoms with Crippen molar-refractivity contribution in [2.45, 2.75) is 24.7 Å². The summed E-state index contributed by atoms with van der Waals surface area (Å²) in [6.07, 6.45) is 0. The number of nitrogens with zero attached hydrogens (tertiary/aromatic N) is 3. The van der Waals surface area contributed by atoms with Crippen molar-refractivity contribution in [1.82, 2.24) is 15.0 Å². The summed E-state index contributed by atoms with van der Waals surface area (Å²) in [5.41, 5.74) is 12.6. The van der Waals surface area contributed by atoms with Crippen molar-refractivity contribution in [1.29, 1.82) is 0 Å². The normalized spacial score (nSPS) is 14.4. The first kappa shape index (κ1) is 30.9. The summed E-state index contributed by atoms with van der Waals surface area (Å²) in [7, 11) is 0. The number of hydrogen-bond donors (Lipinski definition) is 0. The minimum Gasteiger partial charge on any atom is -0.208 e. The van der Waals surface area contributed by atoms with E-state index in [0.29, 0.717) is 17.5 Å². The van der Waals surface area contributed by atoms with E-state index in [9.17, 15) is 0 Å². The van der Waals surface area contributed by atoms with E-state index in [4.69, 9.17) is 15.0 Å².